The quantitative estimate of drug-likeness (QED) is 0.821. The second kappa shape index (κ2) is 5.10. The molecule has 1 unspecified atom stereocenters. The maximum atomic E-state index is 12.9. The normalized spacial score (nSPS) is 19.9. The largest absolute Gasteiger partial charge is 0.384 e. The molecular formula is C15H17N5O2. The van der Waals surface area contributed by atoms with E-state index in [0.717, 1.165) is 35.5 Å². The van der Waals surface area contributed by atoms with E-state index in [9.17, 15) is 4.79 Å². The third-order valence-electron chi connectivity index (χ3n) is 4.32. The number of hydrogen-bond donors (Lipinski definition) is 2. The topological polar surface area (TPSA) is 95.1 Å². The maximum Gasteiger partial charge on any atom is 0.256 e. The molecule has 7 nitrogen and oxygen atoms in total. The van der Waals surface area contributed by atoms with Crippen molar-refractivity contribution >= 4 is 17.4 Å². The van der Waals surface area contributed by atoms with Gasteiger partial charge in [-0.15, -0.1) is 0 Å². The number of nitrogens with two attached hydrogens (primary N) is 1. The highest BCUT2D eigenvalue weighted by molar-refractivity contribution is 5.90. The lowest BCUT2D eigenvalue weighted by molar-refractivity contribution is 0.0859. The Hall–Kier alpha value is -2.41. The van der Waals surface area contributed by atoms with Crippen LogP contribution < -0.4 is 11.1 Å². The summed E-state index contributed by atoms with van der Waals surface area (Å²) >= 11 is 0. The van der Waals surface area contributed by atoms with Gasteiger partial charge in [-0.05, 0) is 18.1 Å². The molecule has 4 heterocycles. The molecule has 0 saturated carbocycles. The Kier molecular flexibility index (Phi) is 3.07. The summed E-state index contributed by atoms with van der Waals surface area (Å²) in [6.07, 6.45) is 4.88. The van der Waals surface area contributed by atoms with Crippen molar-refractivity contribution in [2.75, 3.05) is 24.2 Å². The Morgan fingerprint density at radius 2 is 2.41 bits per heavy atom. The van der Waals surface area contributed by atoms with Crippen LogP contribution in [0.15, 0.2) is 18.5 Å². The molecule has 0 amide bonds. The van der Waals surface area contributed by atoms with Gasteiger partial charge >= 0.3 is 0 Å². The summed E-state index contributed by atoms with van der Waals surface area (Å²) in [5.41, 5.74) is 9.71. The van der Waals surface area contributed by atoms with E-state index in [4.69, 9.17) is 10.5 Å². The lowest BCUT2D eigenvalue weighted by Gasteiger charge is -2.25. The van der Waals surface area contributed by atoms with Gasteiger partial charge in [0, 0.05) is 24.7 Å². The number of anilines is 2. The van der Waals surface area contributed by atoms with Crippen molar-refractivity contribution in [2.45, 2.75) is 25.4 Å². The van der Waals surface area contributed by atoms with Crippen LogP contribution in [0.25, 0.3) is 0 Å². The molecule has 2 aromatic heterocycles. The molecule has 0 spiro atoms. The molecule has 0 bridgehead atoms. The van der Waals surface area contributed by atoms with E-state index >= 15 is 0 Å². The third kappa shape index (κ3) is 1.97. The Bertz CT molecular complexity index is 740. The van der Waals surface area contributed by atoms with Gasteiger partial charge in [-0.25, -0.2) is 0 Å². The molecule has 0 radical (unpaired) electrons. The molecule has 0 aliphatic carbocycles. The second-order valence-corrected chi connectivity index (χ2v) is 5.59. The minimum Gasteiger partial charge on any atom is -0.384 e. The number of carbonyl (C=O) groups excluding carboxylic acids is 1. The van der Waals surface area contributed by atoms with Gasteiger partial charge in [0.2, 0.25) is 0 Å². The summed E-state index contributed by atoms with van der Waals surface area (Å²) in [6, 6.07) is 1.88. The molecule has 4 rings (SSSR count). The summed E-state index contributed by atoms with van der Waals surface area (Å²) in [5, 5.41) is 7.69. The molecule has 2 aliphatic rings. The number of pyridine rings is 1. The summed E-state index contributed by atoms with van der Waals surface area (Å²) < 4.78 is 6.77. The molecule has 22 heavy (non-hydrogen) atoms. The van der Waals surface area contributed by atoms with E-state index in [1.807, 2.05) is 6.07 Å². The lowest BCUT2D eigenvalue weighted by Crippen LogP contribution is -2.28. The van der Waals surface area contributed by atoms with Crippen LogP contribution in [-0.4, -0.2) is 33.8 Å². The molecule has 0 saturated heterocycles. The van der Waals surface area contributed by atoms with Gasteiger partial charge in [0.1, 0.15) is 5.82 Å². The SMILES string of the molecule is Nc1c2c(nn1C(=O)C1CCNc3cnccc31)CCOC2. The van der Waals surface area contributed by atoms with E-state index in [1.54, 1.807) is 12.4 Å². The van der Waals surface area contributed by atoms with E-state index in [0.29, 0.717) is 25.5 Å². The first kappa shape index (κ1) is 13.3. The number of fused-ring (bicyclic) bond motifs is 2. The number of nitrogens with one attached hydrogen (secondary N) is 1. The molecule has 3 N–H and O–H groups in total. The van der Waals surface area contributed by atoms with Crippen molar-refractivity contribution in [1.29, 1.82) is 0 Å². The molecule has 114 valence electrons. The number of rotatable bonds is 1. The van der Waals surface area contributed by atoms with E-state index in [-0.39, 0.29) is 11.8 Å². The average Bonchev–Trinajstić information content (AvgIpc) is 2.91. The standard InChI is InChI=1S/C15H17N5O2/c16-14-11-8-22-6-3-12(11)19-20(14)15(21)10-2-5-18-13-7-17-4-1-9(10)13/h1,4,7,10,18H,2-3,5-6,8,16H2. The smallest absolute Gasteiger partial charge is 0.256 e. The number of aromatic nitrogens is 3. The Labute approximate surface area is 127 Å². The molecule has 7 heteroatoms. The number of hydrogen-bond acceptors (Lipinski definition) is 6. The van der Waals surface area contributed by atoms with Crippen LogP contribution in [0.4, 0.5) is 11.5 Å². The van der Waals surface area contributed by atoms with E-state index in [1.165, 1.54) is 4.68 Å². The predicted molar refractivity (Wildman–Crippen MR) is 80.7 cm³/mol. The van der Waals surface area contributed by atoms with Crippen LogP contribution in [0.1, 0.15) is 34.0 Å². The highest BCUT2D eigenvalue weighted by atomic mass is 16.5. The van der Waals surface area contributed by atoms with Crippen molar-refractivity contribution in [1.82, 2.24) is 14.8 Å². The summed E-state index contributed by atoms with van der Waals surface area (Å²) in [5.74, 6) is 0.0820. The van der Waals surface area contributed by atoms with E-state index < -0.39 is 0 Å². The second-order valence-electron chi connectivity index (χ2n) is 5.59. The minimum absolute atomic E-state index is 0.0825. The Morgan fingerprint density at radius 1 is 1.50 bits per heavy atom. The van der Waals surface area contributed by atoms with Crippen LogP contribution in [0.2, 0.25) is 0 Å². The van der Waals surface area contributed by atoms with Gasteiger partial charge in [-0.2, -0.15) is 9.78 Å². The number of carbonyl (C=O) groups is 1. The molecule has 0 fully saturated rings. The van der Waals surface area contributed by atoms with Crippen LogP contribution in [0.3, 0.4) is 0 Å². The van der Waals surface area contributed by atoms with Gasteiger partial charge in [0.25, 0.3) is 5.91 Å². The maximum absolute atomic E-state index is 12.9. The van der Waals surface area contributed by atoms with Gasteiger partial charge < -0.3 is 15.8 Å². The van der Waals surface area contributed by atoms with Gasteiger partial charge in [-0.3, -0.25) is 9.78 Å². The molecular weight excluding hydrogens is 282 g/mol. The number of nitrogens with zero attached hydrogens (tertiary/aromatic N) is 3. The highest BCUT2D eigenvalue weighted by Crippen LogP contribution is 2.33. The van der Waals surface area contributed by atoms with Crippen LogP contribution in [-0.2, 0) is 17.8 Å². The number of ether oxygens (including phenoxy) is 1. The molecule has 2 aromatic rings. The minimum atomic E-state index is -0.246. The summed E-state index contributed by atoms with van der Waals surface area (Å²) in [6.45, 7) is 1.79. The third-order valence-corrected chi connectivity index (χ3v) is 4.32. The average molecular weight is 299 g/mol. The van der Waals surface area contributed by atoms with Crippen LogP contribution in [0, 0.1) is 0 Å². The predicted octanol–water partition coefficient (Wildman–Crippen LogP) is 1.17. The number of nitrogen functional groups attached to an aromatic ring is 1. The van der Waals surface area contributed by atoms with Crippen molar-refractivity contribution in [3.05, 3.63) is 35.3 Å². The zero-order chi connectivity index (χ0) is 15.1. The zero-order valence-corrected chi connectivity index (χ0v) is 12.1. The van der Waals surface area contributed by atoms with Crippen molar-refractivity contribution in [3.8, 4) is 0 Å². The van der Waals surface area contributed by atoms with Crippen LogP contribution in [0.5, 0.6) is 0 Å². The van der Waals surface area contributed by atoms with Crippen molar-refractivity contribution < 1.29 is 9.53 Å². The lowest BCUT2D eigenvalue weighted by atomic mass is 9.91. The fraction of sp³-hybridized carbons (Fsp3) is 0.400. The van der Waals surface area contributed by atoms with Crippen molar-refractivity contribution in [2.24, 2.45) is 0 Å². The van der Waals surface area contributed by atoms with E-state index in [2.05, 4.69) is 15.4 Å². The molecule has 2 aliphatic heterocycles. The van der Waals surface area contributed by atoms with Crippen molar-refractivity contribution in [3.63, 3.8) is 0 Å². The fourth-order valence-corrected chi connectivity index (χ4v) is 3.15. The summed E-state index contributed by atoms with van der Waals surface area (Å²) in [7, 11) is 0. The highest BCUT2D eigenvalue weighted by Gasteiger charge is 2.31. The molecule has 0 aromatic carbocycles. The molecule has 1 atom stereocenters. The fourth-order valence-electron chi connectivity index (χ4n) is 3.15. The Morgan fingerprint density at radius 3 is 3.27 bits per heavy atom. The monoisotopic (exact) mass is 299 g/mol. The zero-order valence-electron chi connectivity index (χ0n) is 12.1. The van der Waals surface area contributed by atoms with Crippen LogP contribution >= 0.6 is 0 Å². The first-order valence-corrected chi connectivity index (χ1v) is 7.41. The van der Waals surface area contributed by atoms with Gasteiger partial charge in [-0.1, -0.05) is 0 Å². The van der Waals surface area contributed by atoms with Gasteiger partial charge in [0.15, 0.2) is 0 Å². The Balaban J connectivity index is 1.73. The first-order valence-electron chi connectivity index (χ1n) is 7.41. The first-order chi connectivity index (χ1) is 10.8. The summed E-state index contributed by atoms with van der Waals surface area (Å²) in [4.78, 5) is 17.0. The van der Waals surface area contributed by atoms with Gasteiger partial charge in [0.05, 0.1) is 36.7 Å².